The first-order valence-corrected chi connectivity index (χ1v) is 13.5. The van der Waals surface area contributed by atoms with Gasteiger partial charge in [-0.25, -0.2) is 24.1 Å². The van der Waals surface area contributed by atoms with Crippen molar-refractivity contribution in [3.63, 3.8) is 0 Å². The van der Waals surface area contributed by atoms with Crippen molar-refractivity contribution in [2.45, 2.75) is 52.8 Å². The van der Waals surface area contributed by atoms with Gasteiger partial charge in [0.1, 0.15) is 29.1 Å². The number of hydrogen-bond acceptors (Lipinski definition) is 9. The van der Waals surface area contributed by atoms with Gasteiger partial charge in [0, 0.05) is 33.3 Å². The van der Waals surface area contributed by atoms with Gasteiger partial charge in [-0.3, -0.25) is 4.79 Å². The van der Waals surface area contributed by atoms with Crippen molar-refractivity contribution < 1.29 is 23.5 Å². The lowest BCUT2D eigenvalue weighted by Gasteiger charge is -2.47. The van der Waals surface area contributed by atoms with E-state index in [9.17, 15) is 14.0 Å². The normalized spacial score (nSPS) is 15.4. The number of pyridine rings is 1. The van der Waals surface area contributed by atoms with Crippen molar-refractivity contribution in [3.8, 4) is 0 Å². The molecular weight excluding hydrogens is 527 g/mol. The number of esters is 1. The second-order valence-electron chi connectivity index (χ2n) is 10.8. The minimum absolute atomic E-state index is 0.224. The van der Waals surface area contributed by atoms with E-state index in [1.807, 2.05) is 38.7 Å². The number of benzene rings is 1. The number of carbonyl (C=O) groups is 2. The van der Waals surface area contributed by atoms with Crippen molar-refractivity contribution >= 4 is 23.5 Å². The molecular formula is C30H37FN6O4. The summed E-state index contributed by atoms with van der Waals surface area (Å²) in [5, 5.41) is 3.23. The van der Waals surface area contributed by atoms with E-state index >= 15 is 0 Å². The van der Waals surface area contributed by atoms with Crippen LogP contribution in [0.3, 0.4) is 0 Å². The first-order valence-electron chi connectivity index (χ1n) is 13.5. The van der Waals surface area contributed by atoms with Crippen LogP contribution in [0.2, 0.25) is 0 Å². The Morgan fingerprint density at radius 3 is 2.44 bits per heavy atom. The molecule has 10 nitrogen and oxygen atoms in total. The summed E-state index contributed by atoms with van der Waals surface area (Å²) in [5.41, 5.74) is 2.94. The zero-order valence-corrected chi connectivity index (χ0v) is 24.6. The van der Waals surface area contributed by atoms with Gasteiger partial charge in [0.2, 0.25) is 0 Å². The number of amides is 1. The molecule has 1 saturated heterocycles. The Hall–Kier alpha value is -4.12. The van der Waals surface area contributed by atoms with Crippen LogP contribution in [-0.4, -0.2) is 71.1 Å². The molecule has 1 aromatic carbocycles. The van der Waals surface area contributed by atoms with Crippen LogP contribution in [0.15, 0.2) is 36.5 Å². The Morgan fingerprint density at radius 1 is 1.12 bits per heavy atom. The van der Waals surface area contributed by atoms with E-state index in [2.05, 4.69) is 25.2 Å². The second-order valence-corrected chi connectivity index (χ2v) is 10.8. The zero-order chi connectivity index (χ0) is 29.9. The molecule has 41 heavy (non-hydrogen) atoms. The van der Waals surface area contributed by atoms with Crippen molar-refractivity contribution in [1.29, 1.82) is 0 Å². The Labute approximate surface area is 239 Å². The Bertz CT molecular complexity index is 1410. The smallest absolute Gasteiger partial charge is 0.339 e. The molecule has 3 aromatic rings. The van der Waals surface area contributed by atoms with Crippen molar-refractivity contribution in [2.75, 3.05) is 44.1 Å². The number of methoxy groups -OCH3 is 2. The molecule has 0 bridgehead atoms. The number of aromatic nitrogens is 3. The van der Waals surface area contributed by atoms with Crippen LogP contribution in [0, 0.1) is 19.7 Å². The molecule has 218 valence electrons. The number of anilines is 2. The third-order valence-corrected chi connectivity index (χ3v) is 7.38. The molecule has 1 amide bonds. The molecule has 1 fully saturated rings. The molecule has 2 aromatic heterocycles. The minimum Gasteiger partial charge on any atom is -0.465 e. The fourth-order valence-corrected chi connectivity index (χ4v) is 5.07. The van der Waals surface area contributed by atoms with Crippen LogP contribution in [0.1, 0.15) is 70.2 Å². The molecule has 11 heteroatoms. The molecule has 0 aliphatic carbocycles. The summed E-state index contributed by atoms with van der Waals surface area (Å²) < 4.78 is 23.7. The lowest BCUT2D eigenvalue weighted by atomic mass is 9.97. The maximum Gasteiger partial charge on any atom is 0.339 e. The molecule has 0 radical (unpaired) electrons. The monoisotopic (exact) mass is 564 g/mol. The van der Waals surface area contributed by atoms with E-state index in [-0.39, 0.29) is 17.4 Å². The number of rotatable bonds is 8. The lowest BCUT2D eigenvalue weighted by molar-refractivity contribution is 0.0504. The van der Waals surface area contributed by atoms with Crippen molar-refractivity contribution in [1.82, 2.24) is 19.9 Å². The van der Waals surface area contributed by atoms with E-state index < -0.39 is 17.6 Å². The average molecular weight is 565 g/mol. The molecule has 1 N–H and O–H groups in total. The van der Waals surface area contributed by atoms with Crippen LogP contribution in [0.5, 0.6) is 0 Å². The average Bonchev–Trinajstić information content (AvgIpc) is 2.95. The van der Waals surface area contributed by atoms with Gasteiger partial charge in [-0.1, -0.05) is 12.1 Å². The zero-order valence-electron chi connectivity index (χ0n) is 24.6. The maximum absolute atomic E-state index is 13.7. The topological polar surface area (TPSA) is 110 Å². The van der Waals surface area contributed by atoms with Gasteiger partial charge >= 0.3 is 5.97 Å². The lowest BCUT2D eigenvalue weighted by Crippen LogP contribution is -2.61. The van der Waals surface area contributed by atoms with Crippen LogP contribution in [0.4, 0.5) is 16.0 Å². The van der Waals surface area contributed by atoms with E-state index in [1.165, 1.54) is 25.4 Å². The van der Waals surface area contributed by atoms with Gasteiger partial charge < -0.3 is 24.6 Å². The summed E-state index contributed by atoms with van der Waals surface area (Å²) in [6.07, 6.45) is 1.06. The number of aryl methyl sites for hydroxylation is 2. The highest BCUT2D eigenvalue weighted by atomic mass is 19.1. The summed E-state index contributed by atoms with van der Waals surface area (Å²) in [4.78, 5) is 43.7. The quantitative estimate of drug-likeness (QED) is 0.396. The predicted octanol–water partition coefficient (Wildman–Crippen LogP) is 4.47. The first kappa shape index (κ1) is 29.9. The molecule has 0 unspecified atom stereocenters. The minimum atomic E-state index is -0.548. The van der Waals surface area contributed by atoms with E-state index in [0.29, 0.717) is 48.9 Å². The van der Waals surface area contributed by atoms with Crippen LogP contribution in [0.25, 0.3) is 0 Å². The van der Waals surface area contributed by atoms with E-state index in [1.54, 1.807) is 26.2 Å². The molecule has 1 aliphatic rings. The van der Waals surface area contributed by atoms with Gasteiger partial charge in [0.25, 0.3) is 5.91 Å². The summed E-state index contributed by atoms with van der Waals surface area (Å²) >= 11 is 0. The van der Waals surface area contributed by atoms with Gasteiger partial charge in [-0.2, -0.15) is 0 Å². The number of ether oxygens (including phenoxy) is 2. The summed E-state index contributed by atoms with van der Waals surface area (Å²) in [5.74, 6) is 0.316. The molecule has 1 aliphatic heterocycles. The predicted molar refractivity (Wildman–Crippen MR) is 154 cm³/mol. The van der Waals surface area contributed by atoms with Gasteiger partial charge in [0.05, 0.1) is 30.1 Å². The highest BCUT2D eigenvalue weighted by Crippen LogP contribution is 2.29. The third-order valence-electron chi connectivity index (χ3n) is 7.38. The van der Waals surface area contributed by atoms with Gasteiger partial charge in [-0.05, 0) is 63.9 Å². The van der Waals surface area contributed by atoms with Gasteiger partial charge in [-0.15, -0.1) is 0 Å². The highest BCUT2D eigenvalue weighted by Gasteiger charge is 2.38. The molecule has 0 saturated carbocycles. The summed E-state index contributed by atoms with van der Waals surface area (Å²) in [6.45, 7) is 11.5. The summed E-state index contributed by atoms with van der Waals surface area (Å²) in [6, 6.07) is 8.08. The number of hydrogen-bond donors (Lipinski definition) is 1. The van der Waals surface area contributed by atoms with Gasteiger partial charge in [0.15, 0.2) is 5.82 Å². The SMILES string of the molecule is COC(=O)c1c(C)cc(N2CCN(C(=O)c3cnc(NCc4ccc(F)cc4)c([C@@H](C)OC)n3)C(C)(C)C2)nc1C. The second kappa shape index (κ2) is 12.2. The maximum atomic E-state index is 13.7. The first-order chi connectivity index (χ1) is 19.4. The van der Waals surface area contributed by atoms with Crippen molar-refractivity contribution in [2.24, 2.45) is 0 Å². The third kappa shape index (κ3) is 6.45. The van der Waals surface area contributed by atoms with Crippen LogP contribution < -0.4 is 10.2 Å². The molecule has 0 spiro atoms. The standard InChI is InChI=1S/C30H37FN6O4/c1-18-14-24(34-19(2)25(18)29(39)41-7)36-12-13-37(30(4,5)17-36)28(38)23-16-33-27(26(35-23)20(3)40-6)32-15-21-8-10-22(31)11-9-21/h8-11,14,16,20H,12-13,15,17H2,1-7H3,(H,32,33)/t20-/m1/s1. The highest BCUT2D eigenvalue weighted by molar-refractivity contribution is 5.93. The van der Waals surface area contributed by atoms with Crippen LogP contribution >= 0.6 is 0 Å². The largest absolute Gasteiger partial charge is 0.465 e. The molecule has 4 rings (SSSR count). The Balaban J connectivity index is 1.53. The number of carbonyl (C=O) groups excluding carboxylic acids is 2. The van der Waals surface area contributed by atoms with Crippen LogP contribution in [-0.2, 0) is 16.0 Å². The fourth-order valence-electron chi connectivity index (χ4n) is 5.07. The number of halogens is 1. The van der Waals surface area contributed by atoms with Crippen molar-refractivity contribution in [3.05, 3.63) is 76.1 Å². The summed E-state index contributed by atoms with van der Waals surface area (Å²) in [7, 11) is 2.93. The number of nitrogens with zero attached hydrogens (tertiary/aromatic N) is 5. The molecule has 1 atom stereocenters. The Morgan fingerprint density at radius 2 is 1.83 bits per heavy atom. The van der Waals surface area contributed by atoms with E-state index in [4.69, 9.17) is 9.47 Å². The molecule has 3 heterocycles. The van der Waals surface area contributed by atoms with E-state index in [0.717, 1.165) is 16.9 Å². The number of nitrogens with one attached hydrogen (secondary N) is 1. The Kier molecular flexibility index (Phi) is 8.86. The number of piperazine rings is 1. The fraction of sp³-hybridized carbons (Fsp3) is 0.433.